The average Bonchev–Trinajstić information content (AvgIpc) is 2.64. The zero-order chi connectivity index (χ0) is 17.6. The Morgan fingerprint density at radius 2 is 2.00 bits per heavy atom. The lowest BCUT2D eigenvalue weighted by molar-refractivity contribution is 0.0691. The molecule has 1 aromatic carbocycles. The number of benzene rings is 1. The van der Waals surface area contributed by atoms with Crippen molar-refractivity contribution >= 4 is 17.3 Å². The van der Waals surface area contributed by atoms with Gasteiger partial charge in [-0.25, -0.2) is 4.98 Å². The SMILES string of the molecule is CCOc1ccccc1Nc1ccc(C(=O)N2CCC(C)CC2)nc1. The van der Waals surface area contributed by atoms with E-state index in [1.54, 1.807) is 12.3 Å². The van der Waals surface area contributed by atoms with E-state index in [9.17, 15) is 4.79 Å². The van der Waals surface area contributed by atoms with E-state index in [0.717, 1.165) is 43.1 Å². The minimum atomic E-state index is 0.0215. The number of hydrogen-bond acceptors (Lipinski definition) is 4. The first-order valence-electron chi connectivity index (χ1n) is 8.91. The molecule has 25 heavy (non-hydrogen) atoms. The van der Waals surface area contributed by atoms with Crippen LogP contribution in [0.4, 0.5) is 11.4 Å². The molecule has 0 atom stereocenters. The van der Waals surface area contributed by atoms with Crippen LogP contribution in [0.5, 0.6) is 5.75 Å². The Balaban J connectivity index is 1.67. The maximum Gasteiger partial charge on any atom is 0.272 e. The summed E-state index contributed by atoms with van der Waals surface area (Å²) in [4.78, 5) is 18.8. The number of amides is 1. The highest BCUT2D eigenvalue weighted by molar-refractivity contribution is 5.92. The first-order chi connectivity index (χ1) is 12.2. The lowest BCUT2D eigenvalue weighted by Crippen LogP contribution is -2.38. The van der Waals surface area contributed by atoms with Crippen LogP contribution in [0.1, 0.15) is 37.2 Å². The van der Waals surface area contributed by atoms with Gasteiger partial charge in [0.15, 0.2) is 0 Å². The molecular formula is C20H25N3O2. The number of piperidine rings is 1. The van der Waals surface area contributed by atoms with E-state index in [2.05, 4.69) is 17.2 Å². The number of para-hydroxylation sites is 2. The van der Waals surface area contributed by atoms with E-state index < -0.39 is 0 Å². The van der Waals surface area contributed by atoms with Gasteiger partial charge < -0.3 is 15.0 Å². The molecule has 3 rings (SSSR count). The summed E-state index contributed by atoms with van der Waals surface area (Å²) in [5.41, 5.74) is 2.21. The molecule has 0 unspecified atom stereocenters. The normalized spacial score (nSPS) is 15.0. The van der Waals surface area contributed by atoms with Crippen molar-refractivity contribution in [1.29, 1.82) is 0 Å². The molecule has 1 amide bonds. The zero-order valence-electron chi connectivity index (χ0n) is 14.9. The van der Waals surface area contributed by atoms with E-state index in [4.69, 9.17) is 4.74 Å². The Morgan fingerprint density at radius 3 is 2.68 bits per heavy atom. The van der Waals surface area contributed by atoms with E-state index in [1.807, 2.05) is 42.2 Å². The smallest absolute Gasteiger partial charge is 0.272 e. The molecule has 5 heteroatoms. The van der Waals surface area contributed by atoms with E-state index in [1.165, 1.54) is 0 Å². The van der Waals surface area contributed by atoms with Gasteiger partial charge in [0, 0.05) is 13.1 Å². The Kier molecular flexibility index (Phi) is 5.53. The summed E-state index contributed by atoms with van der Waals surface area (Å²) in [6.45, 7) is 6.45. The zero-order valence-corrected chi connectivity index (χ0v) is 14.9. The number of likely N-dealkylation sites (tertiary alicyclic amines) is 1. The molecule has 0 saturated carbocycles. The highest BCUT2D eigenvalue weighted by Gasteiger charge is 2.22. The number of nitrogens with one attached hydrogen (secondary N) is 1. The van der Waals surface area contributed by atoms with Gasteiger partial charge in [-0.05, 0) is 49.9 Å². The van der Waals surface area contributed by atoms with Gasteiger partial charge in [-0.15, -0.1) is 0 Å². The van der Waals surface area contributed by atoms with Crippen molar-refractivity contribution in [3.63, 3.8) is 0 Å². The molecule has 0 radical (unpaired) electrons. The second-order valence-corrected chi connectivity index (χ2v) is 6.46. The number of carbonyl (C=O) groups is 1. The molecule has 1 N–H and O–H groups in total. The third-order valence-corrected chi connectivity index (χ3v) is 4.52. The molecule has 2 heterocycles. The van der Waals surface area contributed by atoms with E-state index >= 15 is 0 Å². The number of anilines is 2. The van der Waals surface area contributed by atoms with Gasteiger partial charge in [0.25, 0.3) is 5.91 Å². The van der Waals surface area contributed by atoms with Crippen LogP contribution >= 0.6 is 0 Å². The predicted molar refractivity (Wildman–Crippen MR) is 99.4 cm³/mol. The summed E-state index contributed by atoms with van der Waals surface area (Å²) in [6, 6.07) is 11.4. The van der Waals surface area contributed by atoms with Crippen molar-refractivity contribution in [2.45, 2.75) is 26.7 Å². The number of pyridine rings is 1. The third kappa shape index (κ3) is 4.29. The minimum Gasteiger partial charge on any atom is -0.492 e. The number of rotatable bonds is 5. The van der Waals surface area contributed by atoms with Crippen LogP contribution in [-0.4, -0.2) is 35.5 Å². The van der Waals surface area contributed by atoms with Crippen molar-refractivity contribution in [3.8, 4) is 5.75 Å². The Morgan fingerprint density at radius 1 is 1.24 bits per heavy atom. The standard InChI is InChI=1S/C20H25N3O2/c1-3-25-19-7-5-4-6-17(19)22-16-8-9-18(21-14-16)20(24)23-12-10-15(2)11-13-23/h4-9,14-15,22H,3,10-13H2,1-2H3. The van der Waals surface area contributed by atoms with Crippen LogP contribution in [0.3, 0.4) is 0 Å². The molecule has 1 fully saturated rings. The molecule has 0 spiro atoms. The minimum absolute atomic E-state index is 0.0215. The summed E-state index contributed by atoms with van der Waals surface area (Å²) in [6.07, 6.45) is 3.84. The molecule has 0 bridgehead atoms. The van der Waals surface area contributed by atoms with E-state index in [-0.39, 0.29) is 5.91 Å². The van der Waals surface area contributed by atoms with Crippen molar-refractivity contribution in [2.24, 2.45) is 5.92 Å². The van der Waals surface area contributed by atoms with Crippen molar-refractivity contribution in [1.82, 2.24) is 9.88 Å². The topological polar surface area (TPSA) is 54.5 Å². The largest absolute Gasteiger partial charge is 0.492 e. The molecule has 2 aromatic rings. The molecule has 1 aromatic heterocycles. The molecule has 1 saturated heterocycles. The highest BCUT2D eigenvalue weighted by Crippen LogP contribution is 2.27. The molecule has 5 nitrogen and oxygen atoms in total. The number of hydrogen-bond donors (Lipinski definition) is 1. The van der Waals surface area contributed by atoms with Crippen LogP contribution in [0.25, 0.3) is 0 Å². The summed E-state index contributed by atoms with van der Waals surface area (Å²) in [7, 11) is 0. The number of ether oxygens (including phenoxy) is 1. The van der Waals surface area contributed by atoms with Crippen LogP contribution < -0.4 is 10.1 Å². The van der Waals surface area contributed by atoms with E-state index in [0.29, 0.717) is 18.2 Å². The monoisotopic (exact) mass is 339 g/mol. The second-order valence-electron chi connectivity index (χ2n) is 6.46. The Labute approximate surface area is 149 Å². The molecular weight excluding hydrogens is 314 g/mol. The van der Waals surface area contributed by atoms with Gasteiger partial charge in [0.2, 0.25) is 0 Å². The summed E-state index contributed by atoms with van der Waals surface area (Å²) >= 11 is 0. The lowest BCUT2D eigenvalue weighted by atomic mass is 9.99. The molecule has 132 valence electrons. The van der Waals surface area contributed by atoms with Gasteiger partial charge in [-0.3, -0.25) is 4.79 Å². The molecule has 1 aliphatic rings. The van der Waals surface area contributed by atoms with Gasteiger partial charge in [-0.1, -0.05) is 19.1 Å². The maximum absolute atomic E-state index is 12.5. The molecule has 1 aliphatic heterocycles. The second kappa shape index (κ2) is 8.01. The summed E-state index contributed by atoms with van der Waals surface area (Å²) in [5, 5.41) is 3.30. The first-order valence-corrected chi connectivity index (χ1v) is 8.91. The number of carbonyl (C=O) groups excluding carboxylic acids is 1. The Bertz CT molecular complexity index is 707. The third-order valence-electron chi connectivity index (χ3n) is 4.52. The lowest BCUT2D eigenvalue weighted by Gasteiger charge is -2.30. The fraction of sp³-hybridized carbons (Fsp3) is 0.400. The van der Waals surface area contributed by atoms with Gasteiger partial charge >= 0.3 is 0 Å². The number of nitrogens with zero attached hydrogens (tertiary/aromatic N) is 2. The van der Waals surface area contributed by atoms with Gasteiger partial charge in [0.1, 0.15) is 11.4 Å². The average molecular weight is 339 g/mol. The van der Waals surface area contributed by atoms with Crippen molar-refractivity contribution in [3.05, 3.63) is 48.3 Å². The van der Waals surface area contributed by atoms with Crippen molar-refractivity contribution in [2.75, 3.05) is 25.0 Å². The fourth-order valence-corrected chi connectivity index (χ4v) is 2.97. The van der Waals surface area contributed by atoms with Gasteiger partial charge in [0.05, 0.1) is 24.2 Å². The first kappa shape index (κ1) is 17.3. The van der Waals surface area contributed by atoms with Crippen LogP contribution in [0.2, 0.25) is 0 Å². The molecule has 0 aliphatic carbocycles. The summed E-state index contributed by atoms with van der Waals surface area (Å²) in [5.74, 6) is 1.52. The fourth-order valence-electron chi connectivity index (χ4n) is 2.97. The predicted octanol–water partition coefficient (Wildman–Crippen LogP) is 4.10. The van der Waals surface area contributed by atoms with Crippen LogP contribution in [0.15, 0.2) is 42.6 Å². The summed E-state index contributed by atoms with van der Waals surface area (Å²) < 4.78 is 5.62. The Hall–Kier alpha value is -2.56. The maximum atomic E-state index is 12.5. The van der Waals surface area contributed by atoms with Crippen LogP contribution in [0, 0.1) is 5.92 Å². The van der Waals surface area contributed by atoms with Crippen molar-refractivity contribution < 1.29 is 9.53 Å². The van der Waals surface area contributed by atoms with Gasteiger partial charge in [-0.2, -0.15) is 0 Å². The van der Waals surface area contributed by atoms with Crippen LogP contribution in [-0.2, 0) is 0 Å². The number of aromatic nitrogens is 1. The quantitative estimate of drug-likeness (QED) is 0.891. The highest BCUT2D eigenvalue weighted by atomic mass is 16.5.